The zero-order valence-electron chi connectivity index (χ0n) is 23.8. The molecule has 0 aromatic rings. The summed E-state index contributed by atoms with van der Waals surface area (Å²) in [5.74, 6) is -2.15. The predicted octanol–water partition coefficient (Wildman–Crippen LogP) is 4.35. The van der Waals surface area contributed by atoms with E-state index in [1.54, 1.807) is 6.92 Å². The Morgan fingerprint density at radius 1 is 0.730 bits per heavy atom. The molecular weight excluding hydrogens is 503 g/mol. The first kappa shape index (κ1) is 38.7. The van der Waals surface area contributed by atoms with Gasteiger partial charge in [0.25, 0.3) is 0 Å². The molecule has 0 amide bonds. The van der Waals surface area contributed by atoms with E-state index in [0.717, 1.165) is 25.5 Å². The van der Waals surface area contributed by atoms with Crippen LogP contribution in [-0.4, -0.2) is 36.8 Å². The van der Waals surface area contributed by atoms with Gasteiger partial charge in [0.2, 0.25) is 0 Å². The normalized spacial score (nSPS) is 12.3. The second-order valence-corrected chi connectivity index (χ2v) is 11.2. The minimum Gasteiger partial charge on any atom is -0.747 e. The van der Waals surface area contributed by atoms with Crippen LogP contribution in [0.5, 0.6) is 0 Å². The fourth-order valence-corrected chi connectivity index (χ4v) is 4.62. The first-order chi connectivity index (χ1) is 17.3. The minimum absolute atomic E-state index is 0. The smallest absolute Gasteiger partial charge is 0.747 e. The van der Waals surface area contributed by atoms with Gasteiger partial charge in [-0.3, -0.25) is 9.59 Å². The Morgan fingerprint density at radius 2 is 1.14 bits per heavy atom. The molecule has 0 fully saturated rings. The Kier molecular flexibility index (Phi) is 28.4. The van der Waals surface area contributed by atoms with E-state index in [9.17, 15) is 22.6 Å². The van der Waals surface area contributed by atoms with Crippen molar-refractivity contribution in [3.8, 4) is 0 Å². The molecule has 0 aliphatic rings. The van der Waals surface area contributed by atoms with Gasteiger partial charge in [0.1, 0.15) is 10.1 Å². The van der Waals surface area contributed by atoms with Crippen LogP contribution in [-0.2, 0) is 29.2 Å². The average Bonchev–Trinajstić information content (AvgIpc) is 2.83. The van der Waals surface area contributed by atoms with Crippen molar-refractivity contribution < 1.29 is 61.6 Å². The molecule has 0 aromatic carbocycles. The van der Waals surface area contributed by atoms with Crippen molar-refractivity contribution in [3.05, 3.63) is 12.3 Å². The van der Waals surface area contributed by atoms with Gasteiger partial charge in [0.05, 0.1) is 19.3 Å². The second kappa shape index (κ2) is 27.2. The van der Waals surface area contributed by atoms with Crippen LogP contribution in [0.4, 0.5) is 0 Å². The Bertz CT molecular complexity index is 680. The van der Waals surface area contributed by atoms with Crippen molar-refractivity contribution in [2.45, 2.75) is 148 Å². The number of unbranched alkanes of at least 4 members (excludes halogenated alkanes) is 17. The fourth-order valence-electron chi connectivity index (χ4n) is 3.99. The number of carbonyl (C=O) groups is 2. The summed E-state index contributed by atoms with van der Waals surface area (Å²) in [5.41, 5.74) is 0. The quantitative estimate of drug-likeness (QED) is 0.0543. The summed E-state index contributed by atoms with van der Waals surface area (Å²) < 4.78 is 43.5. The van der Waals surface area contributed by atoms with Crippen LogP contribution >= 0.6 is 0 Å². The molecule has 0 aliphatic carbocycles. The third-order valence-electron chi connectivity index (χ3n) is 6.24. The van der Waals surface area contributed by atoms with E-state index in [4.69, 9.17) is 4.74 Å². The molecule has 0 spiro atoms. The Balaban J connectivity index is 0. The number of esters is 2. The van der Waals surface area contributed by atoms with Crippen LogP contribution in [0.25, 0.3) is 0 Å². The van der Waals surface area contributed by atoms with Gasteiger partial charge < -0.3 is 14.0 Å². The van der Waals surface area contributed by atoms with Crippen molar-refractivity contribution in [1.82, 2.24) is 0 Å². The van der Waals surface area contributed by atoms with E-state index in [0.29, 0.717) is 12.8 Å². The van der Waals surface area contributed by atoms with Crippen molar-refractivity contribution in [2.75, 3.05) is 6.61 Å². The topological polar surface area (TPSA) is 110 Å². The van der Waals surface area contributed by atoms with Gasteiger partial charge in [-0.25, -0.2) is 8.42 Å². The van der Waals surface area contributed by atoms with E-state index in [1.807, 2.05) is 0 Å². The molecule has 1 atom stereocenters. The zero-order chi connectivity index (χ0) is 26.9. The molecule has 0 saturated heterocycles. The molecule has 0 heterocycles. The Morgan fingerprint density at radius 3 is 1.51 bits per heavy atom. The van der Waals surface area contributed by atoms with E-state index in [-0.39, 0.29) is 36.2 Å². The van der Waals surface area contributed by atoms with Crippen LogP contribution in [0.15, 0.2) is 12.3 Å². The molecule has 9 heteroatoms. The number of hydrogen-bond acceptors (Lipinski definition) is 7. The van der Waals surface area contributed by atoms with Gasteiger partial charge in [-0.15, -0.1) is 0 Å². The van der Waals surface area contributed by atoms with Gasteiger partial charge in [-0.1, -0.05) is 123 Å². The summed E-state index contributed by atoms with van der Waals surface area (Å²) in [6, 6.07) is 0. The molecule has 37 heavy (non-hydrogen) atoms. The molecule has 0 aromatic heterocycles. The van der Waals surface area contributed by atoms with Crippen LogP contribution in [0.2, 0.25) is 0 Å². The molecule has 0 bridgehead atoms. The first-order valence-electron chi connectivity index (χ1n) is 14.3. The van der Waals surface area contributed by atoms with Crippen molar-refractivity contribution in [3.63, 3.8) is 0 Å². The maximum absolute atomic E-state index is 11.9. The summed E-state index contributed by atoms with van der Waals surface area (Å²) in [6.07, 6.45) is 25.0. The molecule has 0 rings (SSSR count). The standard InChI is InChI=1S/C28H52O7S.Na/c1-3-5-7-8-9-10-11-12-13-14-15-16-17-18-19-20-21-22-24-34-27(29)25-26(36(31,32)33)28(30)35-23-6-4-2;/h6,23,26H,3-5,7-22,24-25H2,1-2H3,(H,31,32,33);/q;+1/p-1/b23-6+;. The van der Waals surface area contributed by atoms with Crippen LogP contribution in [0.3, 0.4) is 0 Å². The van der Waals surface area contributed by atoms with E-state index in [1.165, 1.54) is 96.0 Å². The monoisotopic (exact) mass is 554 g/mol. The first-order valence-corrected chi connectivity index (χ1v) is 15.8. The SMILES string of the molecule is CC/C=C/OC(=O)C(CC(=O)OCCCCCCCCCCCCCCCCCCCC)S(=O)(=O)[O-].[Na+]. The van der Waals surface area contributed by atoms with Crippen molar-refractivity contribution >= 4 is 22.1 Å². The molecule has 0 saturated carbocycles. The van der Waals surface area contributed by atoms with Crippen LogP contribution < -0.4 is 29.6 Å². The number of carbonyl (C=O) groups excluding carboxylic acids is 2. The molecular formula is C28H51NaO7S. The van der Waals surface area contributed by atoms with Gasteiger partial charge >= 0.3 is 41.5 Å². The molecule has 0 radical (unpaired) electrons. The van der Waals surface area contributed by atoms with Crippen molar-refractivity contribution in [2.24, 2.45) is 0 Å². The largest absolute Gasteiger partial charge is 1.00 e. The summed E-state index contributed by atoms with van der Waals surface area (Å²) in [5, 5.41) is -2.09. The predicted molar refractivity (Wildman–Crippen MR) is 143 cm³/mol. The second-order valence-electron chi connectivity index (χ2n) is 9.63. The maximum Gasteiger partial charge on any atom is 1.00 e. The third-order valence-corrected chi connectivity index (χ3v) is 7.30. The summed E-state index contributed by atoms with van der Waals surface area (Å²) in [6.45, 7) is 4.20. The number of allylic oxidation sites excluding steroid dienone is 1. The zero-order valence-corrected chi connectivity index (χ0v) is 26.7. The van der Waals surface area contributed by atoms with E-state index < -0.39 is 33.7 Å². The third kappa shape index (κ3) is 25.6. The fraction of sp³-hybridized carbons (Fsp3) is 0.857. The molecule has 1 unspecified atom stereocenters. The average molecular weight is 555 g/mol. The molecule has 212 valence electrons. The minimum atomic E-state index is -5.02. The number of ether oxygens (including phenoxy) is 2. The van der Waals surface area contributed by atoms with Gasteiger partial charge in [0.15, 0.2) is 5.25 Å². The summed E-state index contributed by atoms with van der Waals surface area (Å²) in [7, 11) is -5.02. The number of rotatable bonds is 25. The van der Waals surface area contributed by atoms with Gasteiger partial charge in [0, 0.05) is 0 Å². The maximum atomic E-state index is 11.9. The molecule has 0 aliphatic heterocycles. The van der Waals surface area contributed by atoms with Crippen LogP contribution in [0.1, 0.15) is 142 Å². The van der Waals surface area contributed by atoms with Crippen LogP contribution in [0, 0.1) is 0 Å². The Hall–Kier alpha value is -0.410. The molecule has 7 nitrogen and oxygen atoms in total. The van der Waals surface area contributed by atoms with E-state index in [2.05, 4.69) is 11.7 Å². The summed E-state index contributed by atoms with van der Waals surface area (Å²) in [4.78, 5) is 23.7. The molecule has 0 N–H and O–H groups in total. The van der Waals surface area contributed by atoms with Gasteiger partial charge in [-0.05, 0) is 18.9 Å². The van der Waals surface area contributed by atoms with E-state index >= 15 is 0 Å². The Labute approximate surface area is 248 Å². The van der Waals surface area contributed by atoms with Gasteiger partial charge in [-0.2, -0.15) is 0 Å². The number of hydrogen-bond donors (Lipinski definition) is 0. The summed E-state index contributed by atoms with van der Waals surface area (Å²) >= 11 is 0. The van der Waals surface area contributed by atoms with Crippen molar-refractivity contribution in [1.29, 1.82) is 0 Å².